The van der Waals surface area contributed by atoms with E-state index in [1.54, 1.807) is 6.07 Å². The Morgan fingerprint density at radius 2 is 1.71 bits per heavy atom. The summed E-state index contributed by atoms with van der Waals surface area (Å²) in [6.07, 6.45) is 0.359. The van der Waals surface area contributed by atoms with Gasteiger partial charge in [-0.1, -0.05) is 36.4 Å². The molecule has 0 radical (unpaired) electrons. The Morgan fingerprint density at radius 1 is 0.964 bits per heavy atom. The molecule has 0 bridgehead atoms. The van der Waals surface area contributed by atoms with Crippen LogP contribution in [0.1, 0.15) is 17.5 Å². The van der Waals surface area contributed by atoms with Gasteiger partial charge in [0.15, 0.2) is 11.5 Å². The first kappa shape index (κ1) is 21.1. The van der Waals surface area contributed by atoms with E-state index in [4.69, 9.17) is 4.74 Å². The van der Waals surface area contributed by atoms with Crippen molar-refractivity contribution in [1.29, 1.82) is 0 Å². The van der Waals surface area contributed by atoms with Crippen LogP contribution in [0.3, 0.4) is 0 Å². The minimum Gasteiger partial charge on any atom is -0.493 e. The van der Waals surface area contributed by atoms with Gasteiger partial charge in [-0.15, -0.1) is 0 Å². The number of carbonyl (C=O) groups is 2. The average Bonchev–Trinajstić information content (AvgIpc) is 2.67. The van der Waals surface area contributed by atoms with Crippen molar-refractivity contribution < 1.29 is 27.8 Å². The van der Waals surface area contributed by atoms with E-state index in [0.29, 0.717) is 5.56 Å². The molecule has 0 spiro atoms. The molecule has 0 aromatic heterocycles. The summed E-state index contributed by atoms with van der Waals surface area (Å²) in [6, 6.07) is 13.8. The average molecular weight is 392 g/mol. The van der Waals surface area contributed by atoms with Crippen LogP contribution in [0.2, 0.25) is 0 Å². The van der Waals surface area contributed by atoms with Gasteiger partial charge >= 0.3 is 6.61 Å². The summed E-state index contributed by atoms with van der Waals surface area (Å²) in [4.78, 5) is 23.7. The Bertz CT molecular complexity index is 785. The van der Waals surface area contributed by atoms with Crippen LogP contribution >= 0.6 is 0 Å². The molecule has 0 fully saturated rings. The van der Waals surface area contributed by atoms with Crippen LogP contribution in [-0.2, 0) is 22.6 Å². The Balaban J connectivity index is 1.74. The Kier molecular flexibility index (Phi) is 8.20. The number of hydrogen-bond donors (Lipinski definition) is 2. The fourth-order valence-electron chi connectivity index (χ4n) is 2.47. The van der Waals surface area contributed by atoms with Crippen LogP contribution in [-0.4, -0.2) is 32.1 Å². The fourth-order valence-corrected chi connectivity index (χ4v) is 2.47. The number of ether oxygens (including phenoxy) is 2. The van der Waals surface area contributed by atoms with Gasteiger partial charge in [0.1, 0.15) is 0 Å². The minimum atomic E-state index is -2.97. The van der Waals surface area contributed by atoms with Gasteiger partial charge in [-0.05, 0) is 23.3 Å². The van der Waals surface area contributed by atoms with E-state index in [1.807, 2.05) is 30.3 Å². The normalized spacial score (nSPS) is 10.4. The Morgan fingerprint density at radius 3 is 2.39 bits per heavy atom. The molecule has 0 saturated heterocycles. The molecule has 8 heteroatoms. The zero-order valence-electron chi connectivity index (χ0n) is 15.4. The standard InChI is InChI=1S/C20H22F2N2O4/c1-27-16-8-7-15(11-17(16)28-20(21)22)13-24-18(25)9-10-23-19(26)12-14-5-3-2-4-6-14/h2-8,11,20H,9-10,12-13H2,1H3,(H,23,26)(H,24,25). The van der Waals surface area contributed by atoms with Crippen LogP contribution in [0.5, 0.6) is 11.5 Å². The minimum absolute atomic E-state index is 0.0996. The lowest BCUT2D eigenvalue weighted by atomic mass is 10.1. The number of rotatable bonds is 10. The number of carbonyl (C=O) groups excluding carboxylic acids is 2. The van der Waals surface area contributed by atoms with E-state index >= 15 is 0 Å². The van der Waals surface area contributed by atoms with Crippen molar-refractivity contribution in [3.8, 4) is 11.5 Å². The predicted octanol–water partition coefficient (Wildman–Crippen LogP) is 2.66. The van der Waals surface area contributed by atoms with Gasteiger partial charge in [0.2, 0.25) is 11.8 Å². The zero-order valence-corrected chi connectivity index (χ0v) is 15.4. The summed E-state index contributed by atoms with van der Waals surface area (Å²) in [7, 11) is 1.35. The van der Waals surface area contributed by atoms with E-state index in [-0.39, 0.29) is 49.2 Å². The van der Waals surface area contributed by atoms with E-state index in [9.17, 15) is 18.4 Å². The highest BCUT2D eigenvalue weighted by Crippen LogP contribution is 2.29. The Hall–Kier alpha value is -3.16. The first-order chi connectivity index (χ1) is 13.5. The summed E-state index contributed by atoms with van der Waals surface area (Å²) >= 11 is 0. The van der Waals surface area contributed by atoms with Gasteiger partial charge in [0.25, 0.3) is 0 Å². The van der Waals surface area contributed by atoms with Gasteiger partial charge in [-0.3, -0.25) is 9.59 Å². The van der Waals surface area contributed by atoms with Gasteiger partial charge in [0, 0.05) is 19.5 Å². The van der Waals surface area contributed by atoms with Crippen LogP contribution in [0.4, 0.5) is 8.78 Å². The summed E-state index contributed by atoms with van der Waals surface area (Å²) in [5.74, 6) is -0.357. The molecular weight excluding hydrogens is 370 g/mol. The molecule has 150 valence electrons. The van der Waals surface area contributed by atoms with Crippen LogP contribution in [0, 0.1) is 0 Å². The lowest BCUT2D eigenvalue weighted by Crippen LogP contribution is -2.31. The predicted molar refractivity (Wildman–Crippen MR) is 99.2 cm³/mol. The molecule has 2 aromatic rings. The summed E-state index contributed by atoms with van der Waals surface area (Å²) in [5.41, 5.74) is 1.48. The first-order valence-electron chi connectivity index (χ1n) is 8.67. The molecule has 2 N–H and O–H groups in total. The van der Waals surface area contributed by atoms with Crippen molar-refractivity contribution in [2.75, 3.05) is 13.7 Å². The van der Waals surface area contributed by atoms with Crippen molar-refractivity contribution in [2.45, 2.75) is 26.0 Å². The second-order valence-corrected chi connectivity index (χ2v) is 5.90. The van der Waals surface area contributed by atoms with Crippen molar-refractivity contribution in [1.82, 2.24) is 10.6 Å². The number of amides is 2. The SMILES string of the molecule is COc1ccc(CNC(=O)CCNC(=O)Cc2ccccc2)cc1OC(F)F. The molecule has 28 heavy (non-hydrogen) atoms. The summed E-state index contributed by atoms with van der Waals surface area (Å²) in [5, 5.41) is 5.35. The lowest BCUT2D eigenvalue weighted by molar-refractivity contribution is -0.122. The molecule has 2 rings (SSSR count). The second kappa shape index (κ2) is 10.9. The largest absolute Gasteiger partial charge is 0.493 e. The lowest BCUT2D eigenvalue weighted by Gasteiger charge is -2.12. The van der Waals surface area contributed by atoms with Crippen LogP contribution in [0.15, 0.2) is 48.5 Å². The van der Waals surface area contributed by atoms with E-state index in [0.717, 1.165) is 5.56 Å². The number of benzene rings is 2. The maximum atomic E-state index is 12.4. The highest BCUT2D eigenvalue weighted by atomic mass is 19.3. The molecule has 0 aliphatic rings. The quantitative estimate of drug-likeness (QED) is 0.652. The molecule has 0 heterocycles. The number of methoxy groups -OCH3 is 1. The summed E-state index contributed by atoms with van der Waals surface area (Å²) < 4.78 is 34.2. The van der Waals surface area contributed by atoms with Gasteiger partial charge in [-0.25, -0.2) is 0 Å². The third kappa shape index (κ3) is 7.22. The molecule has 2 amide bonds. The molecular formula is C20H22F2N2O4. The third-order valence-electron chi connectivity index (χ3n) is 3.82. The van der Waals surface area contributed by atoms with Crippen molar-refractivity contribution >= 4 is 11.8 Å². The maximum absolute atomic E-state index is 12.4. The number of hydrogen-bond acceptors (Lipinski definition) is 4. The molecule has 0 aliphatic heterocycles. The maximum Gasteiger partial charge on any atom is 0.387 e. The smallest absolute Gasteiger partial charge is 0.387 e. The molecule has 6 nitrogen and oxygen atoms in total. The zero-order chi connectivity index (χ0) is 20.4. The van der Waals surface area contributed by atoms with Gasteiger partial charge in [-0.2, -0.15) is 8.78 Å². The van der Waals surface area contributed by atoms with E-state index < -0.39 is 6.61 Å². The molecule has 0 aliphatic carbocycles. The molecule has 0 unspecified atom stereocenters. The molecule has 2 aromatic carbocycles. The van der Waals surface area contributed by atoms with E-state index in [1.165, 1.54) is 19.2 Å². The van der Waals surface area contributed by atoms with Crippen molar-refractivity contribution in [3.05, 3.63) is 59.7 Å². The topological polar surface area (TPSA) is 76.7 Å². The monoisotopic (exact) mass is 392 g/mol. The fraction of sp³-hybridized carbons (Fsp3) is 0.300. The molecule has 0 atom stereocenters. The number of nitrogens with one attached hydrogen (secondary N) is 2. The second-order valence-electron chi connectivity index (χ2n) is 5.90. The summed E-state index contributed by atoms with van der Waals surface area (Å²) in [6.45, 7) is -2.63. The highest BCUT2D eigenvalue weighted by Gasteiger charge is 2.12. The Labute approximate surface area is 161 Å². The van der Waals surface area contributed by atoms with E-state index in [2.05, 4.69) is 15.4 Å². The van der Waals surface area contributed by atoms with Crippen LogP contribution in [0.25, 0.3) is 0 Å². The van der Waals surface area contributed by atoms with Crippen molar-refractivity contribution in [2.24, 2.45) is 0 Å². The molecule has 0 saturated carbocycles. The van der Waals surface area contributed by atoms with Gasteiger partial charge in [0.05, 0.1) is 13.5 Å². The number of alkyl halides is 2. The first-order valence-corrected chi connectivity index (χ1v) is 8.67. The van der Waals surface area contributed by atoms with Crippen LogP contribution < -0.4 is 20.1 Å². The third-order valence-corrected chi connectivity index (χ3v) is 3.82. The number of halogens is 2. The van der Waals surface area contributed by atoms with Crippen molar-refractivity contribution in [3.63, 3.8) is 0 Å². The van der Waals surface area contributed by atoms with Gasteiger partial charge < -0.3 is 20.1 Å². The highest BCUT2D eigenvalue weighted by molar-refractivity contribution is 5.80.